The monoisotopic (exact) mass is 449 g/mol. The molecule has 0 aliphatic carbocycles. The van der Waals surface area contributed by atoms with Crippen molar-refractivity contribution in [1.29, 1.82) is 0 Å². The van der Waals surface area contributed by atoms with Gasteiger partial charge >= 0.3 is 0 Å². The summed E-state index contributed by atoms with van der Waals surface area (Å²) >= 11 is 0. The maximum atomic E-state index is 13.2. The van der Waals surface area contributed by atoms with Crippen LogP contribution in [0.15, 0.2) is 53.8 Å². The van der Waals surface area contributed by atoms with Gasteiger partial charge in [0.05, 0.1) is 30.4 Å². The van der Waals surface area contributed by atoms with Crippen molar-refractivity contribution in [3.8, 4) is 0 Å². The maximum absolute atomic E-state index is 13.2. The van der Waals surface area contributed by atoms with Gasteiger partial charge in [0.25, 0.3) is 5.56 Å². The molecule has 4 rings (SSSR count). The Hall–Kier alpha value is -3.10. The minimum absolute atomic E-state index is 0.0324. The van der Waals surface area contributed by atoms with Crippen LogP contribution in [0.2, 0.25) is 0 Å². The molecule has 8 nitrogen and oxygen atoms in total. The van der Waals surface area contributed by atoms with Crippen molar-refractivity contribution in [2.75, 3.05) is 39.4 Å². The zero-order valence-corrected chi connectivity index (χ0v) is 19.2. The van der Waals surface area contributed by atoms with Crippen molar-refractivity contribution in [2.24, 2.45) is 0 Å². The first-order valence-electron chi connectivity index (χ1n) is 11.5. The van der Waals surface area contributed by atoms with E-state index in [1.54, 1.807) is 24.8 Å². The number of hydrogen-bond acceptors (Lipinski definition) is 6. The summed E-state index contributed by atoms with van der Waals surface area (Å²) in [5.74, 6) is 0.0324. The predicted molar refractivity (Wildman–Crippen MR) is 127 cm³/mol. The third-order valence-electron chi connectivity index (χ3n) is 6.10. The number of nitrogens with zero attached hydrogens (tertiary/aromatic N) is 5. The lowest BCUT2D eigenvalue weighted by molar-refractivity contribution is -0.132. The van der Waals surface area contributed by atoms with E-state index in [0.717, 1.165) is 50.4 Å². The summed E-state index contributed by atoms with van der Waals surface area (Å²) in [5, 5.41) is 0.587. The second-order valence-corrected chi connectivity index (χ2v) is 8.44. The number of rotatable bonds is 9. The van der Waals surface area contributed by atoms with Crippen LogP contribution in [-0.4, -0.2) is 69.6 Å². The second-order valence-electron chi connectivity index (χ2n) is 8.44. The Morgan fingerprint density at radius 2 is 1.91 bits per heavy atom. The highest BCUT2D eigenvalue weighted by molar-refractivity contribution is 5.80. The van der Waals surface area contributed by atoms with Gasteiger partial charge in [-0.15, -0.1) is 0 Å². The van der Waals surface area contributed by atoms with Crippen LogP contribution < -0.4 is 5.56 Å². The van der Waals surface area contributed by atoms with Crippen LogP contribution in [0.5, 0.6) is 0 Å². The number of benzene rings is 1. The van der Waals surface area contributed by atoms with E-state index < -0.39 is 0 Å². The number of ether oxygens (including phenoxy) is 1. The number of aryl methyl sites for hydroxylation is 2. The first-order chi connectivity index (χ1) is 16.1. The van der Waals surface area contributed by atoms with Gasteiger partial charge in [0.2, 0.25) is 5.91 Å². The van der Waals surface area contributed by atoms with Crippen molar-refractivity contribution < 1.29 is 9.53 Å². The van der Waals surface area contributed by atoms with Crippen LogP contribution in [0, 0.1) is 6.92 Å². The number of pyridine rings is 1. The summed E-state index contributed by atoms with van der Waals surface area (Å²) in [5.41, 5.74) is 2.62. The van der Waals surface area contributed by atoms with E-state index in [-0.39, 0.29) is 17.9 Å². The molecule has 0 spiro atoms. The molecule has 0 N–H and O–H groups in total. The number of carbonyl (C=O) groups is 1. The topological polar surface area (TPSA) is 80.6 Å². The molecule has 1 fully saturated rings. The van der Waals surface area contributed by atoms with Crippen molar-refractivity contribution in [1.82, 2.24) is 24.3 Å². The molecule has 0 unspecified atom stereocenters. The molecule has 1 saturated heterocycles. The third-order valence-corrected chi connectivity index (χ3v) is 6.10. The highest BCUT2D eigenvalue weighted by atomic mass is 16.5. The summed E-state index contributed by atoms with van der Waals surface area (Å²) < 4.78 is 6.96. The smallest absolute Gasteiger partial charge is 0.261 e. The molecule has 0 radical (unpaired) electrons. The Balaban J connectivity index is 1.41. The van der Waals surface area contributed by atoms with Gasteiger partial charge in [-0.2, -0.15) is 0 Å². The van der Waals surface area contributed by atoms with Crippen LogP contribution in [0.25, 0.3) is 10.9 Å². The number of hydrogen-bond donors (Lipinski definition) is 0. The van der Waals surface area contributed by atoms with Gasteiger partial charge < -0.3 is 9.64 Å². The van der Waals surface area contributed by atoms with Crippen molar-refractivity contribution in [3.63, 3.8) is 0 Å². The first kappa shape index (κ1) is 23.1. The average Bonchev–Trinajstić information content (AvgIpc) is 2.84. The van der Waals surface area contributed by atoms with Gasteiger partial charge in [0.1, 0.15) is 0 Å². The Morgan fingerprint density at radius 3 is 2.70 bits per heavy atom. The number of para-hydroxylation sites is 1. The van der Waals surface area contributed by atoms with Crippen molar-refractivity contribution in [2.45, 2.75) is 32.9 Å². The van der Waals surface area contributed by atoms with Gasteiger partial charge in [0.15, 0.2) is 0 Å². The van der Waals surface area contributed by atoms with Crippen molar-refractivity contribution in [3.05, 3.63) is 70.5 Å². The molecule has 1 amide bonds. The number of aromatic nitrogens is 3. The van der Waals surface area contributed by atoms with E-state index in [0.29, 0.717) is 30.5 Å². The third kappa shape index (κ3) is 6.03. The summed E-state index contributed by atoms with van der Waals surface area (Å²) in [6.07, 6.45) is 6.19. The van der Waals surface area contributed by atoms with E-state index in [4.69, 9.17) is 4.74 Å². The molecule has 3 aromatic rings. The molecule has 0 bridgehead atoms. The fourth-order valence-corrected chi connectivity index (χ4v) is 4.18. The highest BCUT2D eigenvalue weighted by Crippen LogP contribution is 2.12. The Labute approximate surface area is 193 Å². The summed E-state index contributed by atoms with van der Waals surface area (Å²) in [4.78, 5) is 38.8. The van der Waals surface area contributed by atoms with E-state index >= 15 is 0 Å². The predicted octanol–water partition coefficient (Wildman–Crippen LogP) is 2.24. The molecule has 3 heterocycles. The molecule has 0 atom stereocenters. The number of carbonyl (C=O) groups excluding carboxylic acids is 1. The number of amides is 1. The van der Waals surface area contributed by atoms with Crippen LogP contribution in [-0.2, 0) is 22.6 Å². The highest BCUT2D eigenvalue weighted by Gasteiger charge is 2.17. The number of fused-ring (bicyclic) bond motifs is 1. The Kier molecular flexibility index (Phi) is 7.80. The minimum atomic E-state index is -0.107. The molecule has 8 heteroatoms. The van der Waals surface area contributed by atoms with E-state index in [1.165, 1.54) is 4.57 Å². The molecule has 174 valence electrons. The first-order valence-corrected chi connectivity index (χ1v) is 11.5. The lowest BCUT2D eigenvalue weighted by Crippen LogP contribution is -2.39. The van der Waals surface area contributed by atoms with Crippen LogP contribution in [0.3, 0.4) is 0 Å². The van der Waals surface area contributed by atoms with Crippen LogP contribution in [0.1, 0.15) is 24.0 Å². The van der Waals surface area contributed by atoms with Crippen LogP contribution >= 0.6 is 0 Å². The summed E-state index contributed by atoms with van der Waals surface area (Å²) in [6, 6.07) is 9.46. The quantitative estimate of drug-likeness (QED) is 0.498. The molecule has 1 aliphatic heterocycles. The Bertz CT molecular complexity index is 1130. The van der Waals surface area contributed by atoms with Gasteiger partial charge in [-0.1, -0.05) is 12.1 Å². The zero-order valence-electron chi connectivity index (χ0n) is 19.2. The van der Waals surface area contributed by atoms with E-state index in [1.807, 2.05) is 36.1 Å². The van der Waals surface area contributed by atoms with Crippen LogP contribution in [0.4, 0.5) is 0 Å². The van der Waals surface area contributed by atoms with Gasteiger partial charge in [-0.25, -0.2) is 4.98 Å². The zero-order chi connectivity index (χ0) is 23.0. The largest absolute Gasteiger partial charge is 0.379 e. The molecule has 1 aromatic carbocycles. The average molecular weight is 450 g/mol. The minimum Gasteiger partial charge on any atom is -0.379 e. The maximum Gasteiger partial charge on any atom is 0.261 e. The molecule has 2 aromatic heterocycles. The van der Waals surface area contributed by atoms with E-state index in [2.05, 4.69) is 14.9 Å². The van der Waals surface area contributed by atoms with E-state index in [9.17, 15) is 9.59 Å². The lowest BCUT2D eigenvalue weighted by atomic mass is 10.1. The van der Waals surface area contributed by atoms with Gasteiger partial charge in [0, 0.05) is 58.1 Å². The molecular weight excluding hydrogens is 418 g/mol. The SMILES string of the molecule is Cc1cccc2c(=O)n(CCC(=O)N(CCCN3CCOCC3)Cc3ccncc3)cnc12. The van der Waals surface area contributed by atoms with Gasteiger partial charge in [-0.3, -0.25) is 24.0 Å². The molecule has 33 heavy (non-hydrogen) atoms. The summed E-state index contributed by atoms with van der Waals surface area (Å²) in [7, 11) is 0. The summed E-state index contributed by atoms with van der Waals surface area (Å²) in [6.45, 7) is 7.82. The molecule has 0 saturated carbocycles. The standard InChI is InChI=1S/C25H31N5O3/c1-20-4-2-5-22-24(20)27-19-30(25(22)32)13-8-23(31)29(18-21-6-9-26-10-7-21)12-3-11-28-14-16-33-17-15-28/h2,4-7,9-10,19H,3,8,11-18H2,1H3. The second kappa shape index (κ2) is 11.2. The fourth-order valence-electron chi connectivity index (χ4n) is 4.18. The molecule has 1 aliphatic rings. The van der Waals surface area contributed by atoms with Gasteiger partial charge in [-0.05, 0) is 42.7 Å². The fraction of sp³-hybridized carbons (Fsp3) is 0.440. The normalized spacial score (nSPS) is 14.5. The Morgan fingerprint density at radius 1 is 1.12 bits per heavy atom. The number of morpholine rings is 1. The molecular formula is C25H31N5O3. The lowest BCUT2D eigenvalue weighted by Gasteiger charge is -2.28. The van der Waals surface area contributed by atoms with Crippen molar-refractivity contribution >= 4 is 16.8 Å².